The van der Waals surface area contributed by atoms with Gasteiger partial charge in [-0.1, -0.05) is 155 Å². The molecule has 0 saturated carbocycles. The Morgan fingerprint density at radius 3 is 0.933 bits per heavy atom. The molecule has 0 aliphatic rings. The zero-order valence-electron chi connectivity index (χ0n) is 20.9. The predicted molar refractivity (Wildman–Crippen MR) is 133 cm³/mol. The van der Waals surface area contributed by atoms with Gasteiger partial charge in [0.2, 0.25) is 0 Å². The van der Waals surface area contributed by atoms with Gasteiger partial charge in [-0.3, -0.25) is 4.79 Å². The number of carboxylic acids is 1. The van der Waals surface area contributed by atoms with Gasteiger partial charge in [-0.25, -0.2) is 0 Å². The average Bonchev–Trinajstić information content (AvgIpc) is 2.74. The highest BCUT2D eigenvalue weighted by Crippen LogP contribution is 2.20. The van der Waals surface area contributed by atoms with Gasteiger partial charge in [0.05, 0.1) is 5.92 Å². The molecular formula is C28H56O2. The largest absolute Gasteiger partial charge is 0.481 e. The lowest BCUT2D eigenvalue weighted by Crippen LogP contribution is -2.13. The Hall–Kier alpha value is -0.530. The van der Waals surface area contributed by atoms with E-state index in [4.69, 9.17) is 0 Å². The molecule has 1 atom stereocenters. The van der Waals surface area contributed by atoms with Crippen molar-refractivity contribution in [3.05, 3.63) is 0 Å². The number of carboxylic acid groups (broad SMARTS) is 1. The van der Waals surface area contributed by atoms with Crippen LogP contribution in [0.5, 0.6) is 0 Å². The smallest absolute Gasteiger partial charge is 0.306 e. The summed E-state index contributed by atoms with van der Waals surface area (Å²) in [7, 11) is 0. The minimum Gasteiger partial charge on any atom is -0.481 e. The lowest BCUT2D eigenvalue weighted by Gasteiger charge is -2.12. The molecule has 0 rings (SSSR count). The number of hydrogen-bond acceptors (Lipinski definition) is 1. The second-order valence-electron chi connectivity index (χ2n) is 9.68. The van der Waals surface area contributed by atoms with E-state index in [1.165, 1.54) is 128 Å². The summed E-state index contributed by atoms with van der Waals surface area (Å²) in [6.45, 7) is 4.53. The number of carbonyl (C=O) groups is 1. The molecule has 30 heavy (non-hydrogen) atoms. The molecule has 0 unspecified atom stereocenters. The van der Waals surface area contributed by atoms with Gasteiger partial charge >= 0.3 is 5.97 Å². The number of rotatable bonds is 25. The van der Waals surface area contributed by atoms with Crippen LogP contribution in [0.3, 0.4) is 0 Å². The molecule has 0 aliphatic heterocycles. The highest BCUT2D eigenvalue weighted by atomic mass is 16.4. The molecule has 1 N–H and O–H groups in total. The molecule has 180 valence electrons. The molecule has 0 aromatic rings. The van der Waals surface area contributed by atoms with Crippen LogP contribution < -0.4 is 0 Å². The topological polar surface area (TPSA) is 37.3 Å². The maximum Gasteiger partial charge on any atom is 0.306 e. The van der Waals surface area contributed by atoms with E-state index in [9.17, 15) is 9.90 Å². The number of unbranched alkanes of at least 4 members (excludes halogenated alkanes) is 20. The highest BCUT2D eigenvalue weighted by molar-refractivity contribution is 5.69. The molecule has 0 aromatic carbocycles. The van der Waals surface area contributed by atoms with Gasteiger partial charge in [-0.15, -0.1) is 0 Å². The molecule has 2 nitrogen and oxygen atoms in total. The van der Waals surface area contributed by atoms with Crippen LogP contribution in [0.2, 0.25) is 0 Å². The van der Waals surface area contributed by atoms with Crippen LogP contribution in [0.15, 0.2) is 0 Å². The van der Waals surface area contributed by atoms with E-state index in [0.29, 0.717) is 0 Å². The van der Waals surface area contributed by atoms with E-state index in [-0.39, 0.29) is 5.92 Å². The van der Waals surface area contributed by atoms with E-state index in [1.807, 2.05) is 0 Å². The fourth-order valence-corrected chi connectivity index (χ4v) is 4.50. The first-order chi connectivity index (χ1) is 14.7. The van der Waals surface area contributed by atoms with Crippen LogP contribution in [0.1, 0.15) is 168 Å². The lowest BCUT2D eigenvalue weighted by atomic mass is 9.94. The quantitative estimate of drug-likeness (QED) is 0.148. The van der Waals surface area contributed by atoms with Crippen LogP contribution in [-0.4, -0.2) is 11.1 Å². The zero-order valence-corrected chi connectivity index (χ0v) is 20.9. The molecule has 0 aliphatic carbocycles. The first kappa shape index (κ1) is 29.5. The van der Waals surface area contributed by atoms with Gasteiger partial charge in [0.25, 0.3) is 0 Å². The van der Waals surface area contributed by atoms with Crippen LogP contribution in [-0.2, 0) is 4.79 Å². The molecule has 0 amide bonds. The first-order valence-corrected chi connectivity index (χ1v) is 13.9. The fourth-order valence-electron chi connectivity index (χ4n) is 4.50. The van der Waals surface area contributed by atoms with Gasteiger partial charge < -0.3 is 5.11 Å². The molecule has 0 spiro atoms. The Bertz CT molecular complexity index is 340. The predicted octanol–water partition coefficient (Wildman–Crippen LogP) is 10.1. The third-order valence-corrected chi connectivity index (χ3v) is 6.66. The summed E-state index contributed by atoms with van der Waals surface area (Å²) in [5, 5.41) is 9.48. The summed E-state index contributed by atoms with van der Waals surface area (Å²) in [6, 6.07) is 0. The minimum atomic E-state index is -0.562. The van der Waals surface area contributed by atoms with Crippen LogP contribution >= 0.6 is 0 Å². The summed E-state index contributed by atoms with van der Waals surface area (Å²) < 4.78 is 0. The molecule has 0 heterocycles. The molecule has 0 radical (unpaired) electrons. The Morgan fingerprint density at radius 1 is 0.467 bits per heavy atom. The summed E-state index contributed by atoms with van der Waals surface area (Å²) in [5.74, 6) is -0.657. The Morgan fingerprint density at radius 2 is 0.700 bits per heavy atom. The molecule has 2 heteroatoms. The molecule has 0 saturated heterocycles. The summed E-state index contributed by atoms with van der Waals surface area (Å²) in [5.41, 5.74) is 0. The lowest BCUT2D eigenvalue weighted by molar-refractivity contribution is -0.142. The SMILES string of the molecule is CCCCCCCCCCCCCCCC[C@H](CCCCCCCCCC)C(=O)O. The number of aliphatic carboxylic acids is 1. The van der Waals surface area contributed by atoms with Gasteiger partial charge in [-0.2, -0.15) is 0 Å². The third kappa shape index (κ3) is 22.2. The molecule has 0 fully saturated rings. The van der Waals surface area contributed by atoms with Crippen LogP contribution in [0, 0.1) is 5.92 Å². The van der Waals surface area contributed by atoms with E-state index in [2.05, 4.69) is 13.8 Å². The van der Waals surface area contributed by atoms with Crippen molar-refractivity contribution >= 4 is 5.97 Å². The Labute approximate surface area is 190 Å². The van der Waals surface area contributed by atoms with Crippen molar-refractivity contribution in [3.8, 4) is 0 Å². The second kappa shape index (κ2) is 24.7. The molecule has 0 bridgehead atoms. The normalized spacial score (nSPS) is 12.3. The third-order valence-electron chi connectivity index (χ3n) is 6.66. The number of hydrogen-bond donors (Lipinski definition) is 1. The van der Waals surface area contributed by atoms with Crippen molar-refractivity contribution < 1.29 is 9.90 Å². The van der Waals surface area contributed by atoms with Gasteiger partial charge in [0.15, 0.2) is 0 Å². The molecule has 0 aromatic heterocycles. The second-order valence-corrected chi connectivity index (χ2v) is 9.68. The zero-order chi connectivity index (χ0) is 22.1. The van der Waals surface area contributed by atoms with Crippen molar-refractivity contribution in [1.82, 2.24) is 0 Å². The van der Waals surface area contributed by atoms with Gasteiger partial charge in [0.1, 0.15) is 0 Å². The summed E-state index contributed by atoms with van der Waals surface area (Å²) >= 11 is 0. The van der Waals surface area contributed by atoms with Gasteiger partial charge in [0, 0.05) is 0 Å². The van der Waals surface area contributed by atoms with E-state index < -0.39 is 5.97 Å². The average molecular weight is 425 g/mol. The Balaban J connectivity index is 3.40. The van der Waals surface area contributed by atoms with Crippen molar-refractivity contribution in [3.63, 3.8) is 0 Å². The van der Waals surface area contributed by atoms with Crippen molar-refractivity contribution in [2.75, 3.05) is 0 Å². The van der Waals surface area contributed by atoms with Gasteiger partial charge in [-0.05, 0) is 12.8 Å². The maximum absolute atomic E-state index is 11.5. The standard InChI is InChI=1S/C28H56O2/c1-3-5-7-9-11-13-14-15-16-17-18-20-22-24-26-27(28(29)30)25-23-21-19-12-10-8-6-4-2/h27H,3-26H2,1-2H3,(H,29,30)/t27-/m0/s1. The van der Waals surface area contributed by atoms with E-state index in [1.54, 1.807) is 0 Å². The summed E-state index contributed by atoms with van der Waals surface area (Å²) in [4.78, 5) is 11.5. The highest BCUT2D eigenvalue weighted by Gasteiger charge is 2.16. The van der Waals surface area contributed by atoms with E-state index in [0.717, 1.165) is 25.7 Å². The minimum absolute atomic E-state index is 0.0950. The van der Waals surface area contributed by atoms with Crippen LogP contribution in [0.25, 0.3) is 0 Å². The summed E-state index contributed by atoms with van der Waals surface area (Å²) in [6.07, 6.45) is 31.1. The van der Waals surface area contributed by atoms with Crippen molar-refractivity contribution in [1.29, 1.82) is 0 Å². The fraction of sp³-hybridized carbons (Fsp3) is 0.964. The van der Waals surface area contributed by atoms with Crippen molar-refractivity contribution in [2.24, 2.45) is 5.92 Å². The molecular weight excluding hydrogens is 368 g/mol. The Kier molecular flexibility index (Phi) is 24.3. The van der Waals surface area contributed by atoms with Crippen molar-refractivity contribution in [2.45, 2.75) is 168 Å². The van der Waals surface area contributed by atoms with Crippen LogP contribution in [0.4, 0.5) is 0 Å². The monoisotopic (exact) mass is 424 g/mol. The van der Waals surface area contributed by atoms with E-state index >= 15 is 0 Å². The maximum atomic E-state index is 11.5. The first-order valence-electron chi connectivity index (χ1n) is 13.9.